The fourth-order valence-corrected chi connectivity index (χ4v) is 4.13. The second-order valence-electron chi connectivity index (χ2n) is 6.73. The molecule has 1 unspecified atom stereocenters. The first-order chi connectivity index (χ1) is 14.6. The van der Waals surface area contributed by atoms with Crippen molar-refractivity contribution in [2.75, 3.05) is 12.4 Å². The highest BCUT2D eigenvalue weighted by molar-refractivity contribution is 8.00. The highest BCUT2D eigenvalue weighted by Crippen LogP contribution is 2.37. The summed E-state index contributed by atoms with van der Waals surface area (Å²) in [6.45, 7) is 1.92. The molecule has 6 heteroatoms. The topological polar surface area (TPSA) is 64.1 Å². The van der Waals surface area contributed by atoms with Crippen molar-refractivity contribution < 1.29 is 9.53 Å². The zero-order valence-corrected chi connectivity index (χ0v) is 17.5. The third kappa shape index (κ3) is 4.44. The summed E-state index contributed by atoms with van der Waals surface area (Å²) in [4.78, 5) is 22.6. The maximum absolute atomic E-state index is 13.2. The standard InChI is InChI=1S/C24H21N3O2S/c1-16-24(27-21-11-7-6-10-20(21)25-16)30-22(17-8-4-3-5-9-17)23(28)26-18-12-14-19(29-2)15-13-18/h3-15,22H,1-2H3,(H,26,28). The van der Waals surface area contributed by atoms with Gasteiger partial charge in [0, 0.05) is 5.69 Å². The SMILES string of the molecule is COc1ccc(NC(=O)C(Sc2nc3ccccc3nc2C)c2ccccc2)cc1. The summed E-state index contributed by atoms with van der Waals surface area (Å²) < 4.78 is 5.19. The van der Waals surface area contributed by atoms with Crippen molar-refractivity contribution >= 4 is 34.4 Å². The van der Waals surface area contributed by atoms with Gasteiger partial charge in [0.15, 0.2) is 0 Å². The molecular formula is C24H21N3O2S. The zero-order chi connectivity index (χ0) is 20.9. The molecule has 4 aromatic rings. The third-order valence-corrected chi connectivity index (χ3v) is 5.96. The van der Waals surface area contributed by atoms with Gasteiger partial charge in [0.25, 0.3) is 0 Å². The van der Waals surface area contributed by atoms with Crippen LogP contribution in [0.5, 0.6) is 5.75 Å². The number of carbonyl (C=O) groups is 1. The number of nitrogens with one attached hydrogen (secondary N) is 1. The van der Waals surface area contributed by atoms with Gasteiger partial charge in [-0.15, -0.1) is 0 Å². The van der Waals surface area contributed by atoms with E-state index in [-0.39, 0.29) is 5.91 Å². The molecule has 0 aliphatic carbocycles. The van der Waals surface area contributed by atoms with E-state index in [2.05, 4.69) is 10.3 Å². The molecule has 150 valence electrons. The summed E-state index contributed by atoms with van der Waals surface area (Å²) >= 11 is 1.41. The van der Waals surface area contributed by atoms with Gasteiger partial charge in [-0.3, -0.25) is 4.79 Å². The number of fused-ring (bicyclic) bond motifs is 1. The lowest BCUT2D eigenvalue weighted by molar-refractivity contribution is -0.115. The Labute approximate surface area is 179 Å². The van der Waals surface area contributed by atoms with Crippen LogP contribution >= 0.6 is 11.8 Å². The molecule has 1 heterocycles. The number of amides is 1. The molecule has 0 radical (unpaired) electrons. The summed E-state index contributed by atoms with van der Waals surface area (Å²) in [5, 5.41) is 3.28. The normalized spacial score (nSPS) is 11.8. The smallest absolute Gasteiger partial charge is 0.242 e. The molecule has 1 N–H and O–H groups in total. The lowest BCUT2D eigenvalue weighted by Crippen LogP contribution is -2.19. The Morgan fingerprint density at radius 1 is 0.900 bits per heavy atom. The van der Waals surface area contributed by atoms with Gasteiger partial charge >= 0.3 is 0 Å². The van der Waals surface area contributed by atoms with Crippen molar-refractivity contribution in [3.8, 4) is 5.75 Å². The molecule has 30 heavy (non-hydrogen) atoms. The predicted molar refractivity (Wildman–Crippen MR) is 121 cm³/mol. The number of thioether (sulfide) groups is 1. The minimum absolute atomic E-state index is 0.120. The summed E-state index contributed by atoms with van der Waals surface area (Å²) in [6.07, 6.45) is 0. The second-order valence-corrected chi connectivity index (χ2v) is 7.82. The van der Waals surface area contributed by atoms with E-state index in [4.69, 9.17) is 9.72 Å². The lowest BCUT2D eigenvalue weighted by atomic mass is 10.1. The molecule has 0 bridgehead atoms. The van der Waals surface area contributed by atoms with Gasteiger partial charge in [0.05, 0.1) is 23.8 Å². The quantitative estimate of drug-likeness (QED) is 0.426. The first-order valence-electron chi connectivity index (χ1n) is 9.54. The molecule has 0 fully saturated rings. The number of hydrogen-bond acceptors (Lipinski definition) is 5. The number of aromatic nitrogens is 2. The molecule has 3 aromatic carbocycles. The molecule has 4 rings (SSSR count). The first kappa shape index (κ1) is 19.9. The molecule has 1 amide bonds. The average molecular weight is 416 g/mol. The summed E-state index contributed by atoms with van der Waals surface area (Å²) in [7, 11) is 1.61. The van der Waals surface area contributed by atoms with E-state index in [1.807, 2.05) is 85.8 Å². The molecule has 0 aliphatic rings. The molecule has 5 nitrogen and oxygen atoms in total. The van der Waals surface area contributed by atoms with Crippen LogP contribution in [0.3, 0.4) is 0 Å². The molecule has 0 saturated carbocycles. The molecule has 1 aromatic heterocycles. The number of ether oxygens (including phenoxy) is 1. The fourth-order valence-electron chi connectivity index (χ4n) is 3.08. The van der Waals surface area contributed by atoms with E-state index < -0.39 is 5.25 Å². The molecule has 0 saturated heterocycles. The van der Waals surface area contributed by atoms with E-state index in [0.29, 0.717) is 5.69 Å². The van der Waals surface area contributed by atoms with Gasteiger partial charge in [-0.2, -0.15) is 0 Å². The number of methoxy groups -OCH3 is 1. The Bertz CT molecular complexity index is 1160. The van der Waals surface area contributed by atoms with Crippen LogP contribution in [0.1, 0.15) is 16.5 Å². The van der Waals surface area contributed by atoms with Crippen molar-refractivity contribution in [3.05, 3.63) is 90.1 Å². The van der Waals surface area contributed by atoms with E-state index >= 15 is 0 Å². The average Bonchev–Trinajstić information content (AvgIpc) is 2.78. The molecule has 0 aliphatic heterocycles. The number of carbonyl (C=O) groups excluding carboxylic acids is 1. The van der Waals surface area contributed by atoms with Gasteiger partial charge in [-0.25, -0.2) is 9.97 Å². The molecule has 0 spiro atoms. The van der Waals surface area contributed by atoms with E-state index in [0.717, 1.165) is 33.1 Å². The van der Waals surface area contributed by atoms with Gasteiger partial charge < -0.3 is 10.1 Å². The van der Waals surface area contributed by atoms with Crippen molar-refractivity contribution in [3.63, 3.8) is 0 Å². The van der Waals surface area contributed by atoms with Crippen molar-refractivity contribution in [1.29, 1.82) is 0 Å². The number of anilines is 1. The third-order valence-electron chi connectivity index (χ3n) is 4.63. The highest BCUT2D eigenvalue weighted by Gasteiger charge is 2.24. The Hall–Kier alpha value is -3.38. The van der Waals surface area contributed by atoms with Gasteiger partial charge in [-0.1, -0.05) is 54.2 Å². The van der Waals surface area contributed by atoms with Crippen LogP contribution in [-0.2, 0) is 4.79 Å². The van der Waals surface area contributed by atoms with Crippen LogP contribution in [0.25, 0.3) is 11.0 Å². The Kier molecular flexibility index (Phi) is 5.95. The maximum atomic E-state index is 13.2. The van der Waals surface area contributed by atoms with Crippen LogP contribution in [0.15, 0.2) is 83.9 Å². The van der Waals surface area contributed by atoms with E-state index in [1.165, 1.54) is 11.8 Å². The number of para-hydroxylation sites is 2. The molecular weight excluding hydrogens is 394 g/mol. The molecule has 1 atom stereocenters. The fraction of sp³-hybridized carbons (Fsp3) is 0.125. The predicted octanol–water partition coefficient (Wildman–Crippen LogP) is 5.42. The van der Waals surface area contributed by atoms with Crippen LogP contribution < -0.4 is 10.1 Å². The Morgan fingerprint density at radius 2 is 1.53 bits per heavy atom. The number of aryl methyl sites for hydroxylation is 1. The van der Waals surface area contributed by atoms with Crippen LogP contribution in [0.2, 0.25) is 0 Å². The summed E-state index contributed by atoms with van der Waals surface area (Å²) in [5.41, 5.74) is 4.08. The van der Waals surface area contributed by atoms with Crippen molar-refractivity contribution in [1.82, 2.24) is 9.97 Å². The first-order valence-corrected chi connectivity index (χ1v) is 10.4. The number of nitrogens with zero attached hydrogens (tertiary/aromatic N) is 2. The van der Waals surface area contributed by atoms with Crippen LogP contribution in [-0.4, -0.2) is 23.0 Å². The lowest BCUT2D eigenvalue weighted by Gasteiger charge is -2.18. The number of hydrogen-bond donors (Lipinski definition) is 1. The van der Waals surface area contributed by atoms with Crippen LogP contribution in [0, 0.1) is 6.92 Å². The maximum Gasteiger partial charge on any atom is 0.242 e. The zero-order valence-electron chi connectivity index (χ0n) is 16.7. The van der Waals surface area contributed by atoms with E-state index in [1.54, 1.807) is 7.11 Å². The summed E-state index contributed by atoms with van der Waals surface area (Å²) in [6, 6.07) is 24.7. The second kappa shape index (κ2) is 8.97. The van der Waals surface area contributed by atoms with Crippen molar-refractivity contribution in [2.24, 2.45) is 0 Å². The van der Waals surface area contributed by atoms with Gasteiger partial charge in [0.1, 0.15) is 16.0 Å². The highest BCUT2D eigenvalue weighted by atomic mass is 32.2. The Morgan fingerprint density at radius 3 is 2.20 bits per heavy atom. The minimum Gasteiger partial charge on any atom is -0.497 e. The van der Waals surface area contributed by atoms with E-state index in [9.17, 15) is 4.79 Å². The monoisotopic (exact) mass is 415 g/mol. The minimum atomic E-state index is -0.470. The van der Waals surface area contributed by atoms with Crippen LogP contribution in [0.4, 0.5) is 5.69 Å². The number of rotatable bonds is 6. The number of benzene rings is 3. The van der Waals surface area contributed by atoms with Gasteiger partial charge in [0.2, 0.25) is 5.91 Å². The van der Waals surface area contributed by atoms with Crippen molar-refractivity contribution in [2.45, 2.75) is 17.2 Å². The Balaban J connectivity index is 1.65. The summed E-state index contributed by atoms with van der Waals surface area (Å²) in [5.74, 6) is 0.620. The largest absolute Gasteiger partial charge is 0.497 e. The van der Waals surface area contributed by atoms with Gasteiger partial charge in [-0.05, 0) is 48.9 Å².